The summed E-state index contributed by atoms with van der Waals surface area (Å²) < 4.78 is 48.4. The lowest BCUT2D eigenvalue weighted by molar-refractivity contribution is -0.216. The summed E-state index contributed by atoms with van der Waals surface area (Å²) in [5.41, 5.74) is -0.291. The molecule has 0 bridgehead atoms. The van der Waals surface area contributed by atoms with Gasteiger partial charge in [-0.3, -0.25) is 4.57 Å². The van der Waals surface area contributed by atoms with Gasteiger partial charge in [0.25, 0.3) is 0 Å². The van der Waals surface area contributed by atoms with Gasteiger partial charge in [-0.2, -0.15) is 0 Å². The van der Waals surface area contributed by atoms with Crippen LogP contribution in [0.25, 0.3) is 0 Å². The second-order valence-corrected chi connectivity index (χ2v) is 19.4. The van der Waals surface area contributed by atoms with Crippen LogP contribution in [0.15, 0.2) is 0 Å². The van der Waals surface area contributed by atoms with Crippen LogP contribution in [0.1, 0.15) is 72.6 Å². The monoisotopic (exact) mass is 536 g/mol. The Morgan fingerprint density at radius 1 is 1.17 bits per heavy atom. The number of hydrogen-bond donors (Lipinski definition) is 1. The molecule has 10 heteroatoms. The van der Waals surface area contributed by atoms with Gasteiger partial charge in [0, 0.05) is 58.0 Å². The molecule has 1 aliphatic carbocycles. The average molecular weight is 537 g/mol. The zero-order valence-electron chi connectivity index (χ0n) is 23.1. The van der Waals surface area contributed by atoms with Crippen molar-refractivity contribution >= 4 is 15.9 Å². The van der Waals surface area contributed by atoms with Gasteiger partial charge >= 0.3 is 7.60 Å². The van der Waals surface area contributed by atoms with Gasteiger partial charge in [-0.05, 0) is 43.8 Å². The zero-order chi connectivity index (χ0) is 26.1. The molecule has 6 atom stereocenters. The van der Waals surface area contributed by atoms with Crippen LogP contribution in [0.4, 0.5) is 0 Å². The fourth-order valence-corrected chi connectivity index (χ4v) is 7.90. The number of ether oxygens (including phenoxy) is 3. The maximum atomic E-state index is 12.6. The molecule has 206 valence electrons. The van der Waals surface area contributed by atoms with Crippen molar-refractivity contribution < 1.29 is 37.4 Å². The van der Waals surface area contributed by atoms with Crippen LogP contribution >= 0.6 is 7.60 Å². The Labute approximate surface area is 213 Å². The first-order chi connectivity index (χ1) is 16.2. The Morgan fingerprint density at radius 3 is 2.40 bits per heavy atom. The largest absolute Gasteiger partial charge is 0.416 e. The summed E-state index contributed by atoms with van der Waals surface area (Å²) in [7, 11) is -2.49. The molecule has 0 aromatic carbocycles. The smallest absolute Gasteiger partial charge is 0.330 e. The Morgan fingerprint density at radius 2 is 1.86 bits per heavy atom. The molecule has 2 aliphatic heterocycles. The molecule has 0 amide bonds. The molecule has 0 spiro atoms. The van der Waals surface area contributed by atoms with E-state index in [2.05, 4.69) is 40.8 Å². The summed E-state index contributed by atoms with van der Waals surface area (Å²) in [5, 5.41) is 11.6. The van der Waals surface area contributed by atoms with E-state index in [0.717, 1.165) is 32.3 Å². The summed E-state index contributed by atoms with van der Waals surface area (Å²) in [6, 6.07) is 0. The van der Waals surface area contributed by atoms with Gasteiger partial charge in [0.05, 0.1) is 18.4 Å². The first-order valence-electron chi connectivity index (χ1n) is 13.2. The summed E-state index contributed by atoms with van der Waals surface area (Å²) in [6.45, 7) is 14.8. The topological polar surface area (TPSA) is 92.7 Å². The van der Waals surface area contributed by atoms with Gasteiger partial charge in [0.15, 0.2) is 20.4 Å². The molecule has 2 unspecified atom stereocenters. The van der Waals surface area contributed by atoms with Crippen molar-refractivity contribution in [2.75, 3.05) is 33.6 Å². The lowest BCUT2D eigenvalue weighted by Crippen LogP contribution is -2.46. The van der Waals surface area contributed by atoms with Crippen LogP contribution in [0.2, 0.25) is 18.1 Å². The van der Waals surface area contributed by atoms with E-state index in [1.807, 2.05) is 0 Å². The van der Waals surface area contributed by atoms with E-state index < -0.39 is 21.7 Å². The molecule has 3 rings (SSSR count). The van der Waals surface area contributed by atoms with Crippen LogP contribution in [-0.2, 0) is 32.2 Å². The minimum atomic E-state index is -3.24. The van der Waals surface area contributed by atoms with Gasteiger partial charge in [-0.25, -0.2) is 0 Å². The quantitative estimate of drug-likeness (QED) is 0.266. The lowest BCUT2D eigenvalue weighted by Gasteiger charge is -2.41. The number of hydrogen-bond acceptors (Lipinski definition) is 8. The molecule has 3 aliphatic rings. The van der Waals surface area contributed by atoms with Gasteiger partial charge in [-0.15, -0.1) is 0 Å². The van der Waals surface area contributed by atoms with E-state index in [0.29, 0.717) is 19.4 Å². The van der Waals surface area contributed by atoms with E-state index in [4.69, 9.17) is 27.7 Å². The van der Waals surface area contributed by atoms with E-state index in [-0.39, 0.29) is 47.5 Å². The normalized spacial score (nSPS) is 36.5. The van der Waals surface area contributed by atoms with Crippen molar-refractivity contribution in [2.45, 2.75) is 115 Å². The Hall–Kier alpha value is 0.167. The van der Waals surface area contributed by atoms with Crippen LogP contribution < -0.4 is 0 Å². The summed E-state index contributed by atoms with van der Waals surface area (Å²) in [6.07, 6.45) is 4.95. The second-order valence-electron chi connectivity index (χ2n) is 12.2. The van der Waals surface area contributed by atoms with Crippen LogP contribution in [0.5, 0.6) is 0 Å². The molecule has 1 N–H and O–H groups in total. The van der Waals surface area contributed by atoms with Crippen molar-refractivity contribution in [3.05, 3.63) is 0 Å². The fraction of sp³-hybridized carbons (Fsp3) is 1.00. The van der Waals surface area contributed by atoms with E-state index in [1.54, 1.807) is 0 Å². The first-order valence-corrected chi connectivity index (χ1v) is 17.9. The average Bonchev–Trinajstić information content (AvgIpc) is 3.24. The molecular formula is C25H49O8PSi. The highest BCUT2D eigenvalue weighted by Crippen LogP contribution is 2.61. The number of fused-ring (bicyclic) bond motifs is 1. The van der Waals surface area contributed by atoms with Crippen molar-refractivity contribution in [3.63, 3.8) is 0 Å². The maximum absolute atomic E-state index is 12.6. The molecule has 0 radical (unpaired) electrons. The Kier molecular flexibility index (Phi) is 9.43. The molecule has 3 fully saturated rings. The van der Waals surface area contributed by atoms with Gasteiger partial charge < -0.3 is 32.8 Å². The Bertz CT molecular complexity index is 744. The summed E-state index contributed by atoms with van der Waals surface area (Å²) >= 11 is 0. The zero-order valence-corrected chi connectivity index (χ0v) is 25.0. The van der Waals surface area contributed by atoms with Crippen molar-refractivity contribution in [1.29, 1.82) is 0 Å². The van der Waals surface area contributed by atoms with Crippen molar-refractivity contribution in [1.82, 2.24) is 0 Å². The number of rotatable bonds is 11. The minimum absolute atomic E-state index is 0.0542. The summed E-state index contributed by atoms with van der Waals surface area (Å²) in [4.78, 5) is 0. The van der Waals surface area contributed by atoms with E-state index >= 15 is 0 Å². The third kappa shape index (κ3) is 6.43. The first kappa shape index (κ1) is 29.7. The predicted molar refractivity (Wildman–Crippen MR) is 138 cm³/mol. The van der Waals surface area contributed by atoms with Gasteiger partial charge in [0.1, 0.15) is 0 Å². The highest BCUT2D eigenvalue weighted by molar-refractivity contribution is 7.53. The molecule has 8 nitrogen and oxygen atoms in total. The molecule has 0 aromatic heterocycles. The fourth-order valence-electron chi connectivity index (χ4n) is 5.73. The van der Waals surface area contributed by atoms with Crippen molar-refractivity contribution in [3.8, 4) is 0 Å². The standard InChI is InChI=1S/C25H49O8PSi/c1-9-24-18-25(26,13-15-34(27,28-5)29-6)33-21(24)16-20(32-22-12-10-11-14-30-22)19(24)17-31-35(7,8)23(2,3)4/h19-22,26H,9-18H2,1-8H3/t19-,20+,21-,22?,24+,25?/m0/s1. The molecule has 2 saturated heterocycles. The summed E-state index contributed by atoms with van der Waals surface area (Å²) in [5.74, 6) is -1.31. The third-order valence-electron chi connectivity index (χ3n) is 9.13. The molecule has 35 heavy (non-hydrogen) atoms. The molecule has 1 saturated carbocycles. The van der Waals surface area contributed by atoms with E-state index in [1.165, 1.54) is 14.2 Å². The van der Waals surface area contributed by atoms with Crippen LogP contribution in [0.3, 0.4) is 0 Å². The predicted octanol–water partition coefficient (Wildman–Crippen LogP) is 5.69. The molecule has 2 heterocycles. The van der Waals surface area contributed by atoms with E-state index in [9.17, 15) is 9.67 Å². The molecular weight excluding hydrogens is 487 g/mol. The third-order valence-corrected chi connectivity index (χ3v) is 15.5. The number of aliphatic hydroxyl groups is 1. The lowest BCUT2D eigenvalue weighted by atomic mass is 9.71. The Balaban J connectivity index is 1.81. The second kappa shape index (κ2) is 11.1. The molecule has 0 aromatic rings. The SMILES string of the molecule is CC[C@]12CC(O)(CCP(=O)(OC)OC)O[C@H]1C[C@@H](OC1CCCCO1)[C@@H]2CO[Si](C)(C)C(C)(C)C. The van der Waals surface area contributed by atoms with Gasteiger partial charge in [0.2, 0.25) is 0 Å². The highest BCUT2D eigenvalue weighted by Gasteiger charge is 2.64. The van der Waals surface area contributed by atoms with Crippen molar-refractivity contribution in [2.24, 2.45) is 11.3 Å². The van der Waals surface area contributed by atoms with Crippen LogP contribution in [-0.4, -0.2) is 71.3 Å². The maximum Gasteiger partial charge on any atom is 0.330 e. The van der Waals surface area contributed by atoms with Crippen LogP contribution in [0, 0.1) is 11.3 Å². The minimum Gasteiger partial charge on any atom is -0.416 e. The van der Waals surface area contributed by atoms with Gasteiger partial charge in [-0.1, -0.05) is 27.7 Å². The highest BCUT2D eigenvalue weighted by atomic mass is 31.2.